The highest BCUT2D eigenvalue weighted by Crippen LogP contribution is 2.15. The molecule has 0 fully saturated rings. The van der Waals surface area contributed by atoms with Crippen molar-refractivity contribution in [3.8, 4) is 5.75 Å². The summed E-state index contributed by atoms with van der Waals surface area (Å²) < 4.78 is 7.67. The van der Waals surface area contributed by atoms with E-state index in [1.165, 1.54) is 33.8 Å². The second-order valence-corrected chi connectivity index (χ2v) is 8.10. The molecule has 0 N–H and O–H groups in total. The number of thiazole rings is 2. The summed E-state index contributed by atoms with van der Waals surface area (Å²) in [7, 11) is 0. The fourth-order valence-corrected chi connectivity index (χ4v) is 3.98. The Morgan fingerprint density at radius 1 is 1.14 bits per heavy atom. The number of benzene rings is 2. The molecule has 29 heavy (non-hydrogen) atoms. The van der Waals surface area contributed by atoms with E-state index in [1.807, 2.05) is 21.5 Å². The minimum atomic E-state index is -0.267. The molecule has 0 aliphatic rings. The zero-order valence-corrected chi connectivity index (χ0v) is 17.5. The van der Waals surface area contributed by atoms with E-state index in [-0.39, 0.29) is 5.91 Å². The first kappa shape index (κ1) is 19.3. The highest BCUT2D eigenvalue weighted by Gasteiger charge is 2.07. The van der Waals surface area contributed by atoms with Crippen LogP contribution in [0.4, 0.5) is 0 Å². The number of hydrogen-bond acceptors (Lipinski definition) is 5. The summed E-state index contributed by atoms with van der Waals surface area (Å²) >= 11 is 2.99. The van der Waals surface area contributed by atoms with Gasteiger partial charge >= 0.3 is 0 Å². The summed E-state index contributed by atoms with van der Waals surface area (Å²) in [6.07, 6.45) is 1.95. The molecule has 2 heterocycles. The Morgan fingerprint density at radius 3 is 2.66 bits per heavy atom. The number of rotatable bonds is 6. The van der Waals surface area contributed by atoms with Gasteiger partial charge < -0.3 is 9.30 Å². The van der Waals surface area contributed by atoms with Crippen molar-refractivity contribution in [3.05, 3.63) is 98.2 Å². The highest BCUT2D eigenvalue weighted by molar-refractivity contribution is 7.07. The first-order chi connectivity index (χ1) is 14.2. The zero-order chi connectivity index (χ0) is 20.1. The lowest BCUT2D eigenvalue weighted by Gasteiger charge is -2.05. The molecule has 0 saturated heterocycles. The first-order valence-electron chi connectivity index (χ1n) is 9.06. The number of amides is 1. The number of carbonyl (C=O) groups excluding carboxylic acids is 1. The lowest BCUT2D eigenvalue weighted by molar-refractivity contribution is 0.0997. The number of carbonyl (C=O) groups is 1. The van der Waals surface area contributed by atoms with Gasteiger partial charge in [-0.2, -0.15) is 4.99 Å². The third kappa shape index (κ3) is 5.07. The molecule has 4 rings (SSSR count). The van der Waals surface area contributed by atoms with Gasteiger partial charge in [0.25, 0.3) is 5.91 Å². The molecule has 0 spiro atoms. The van der Waals surface area contributed by atoms with Crippen molar-refractivity contribution in [1.82, 2.24) is 9.55 Å². The predicted molar refractivity (Wildman–Crippen MR) is 115 cm³/mol. The van der Waals surface area contributed by atoms with Gasteiger partial charge in [-0.25, -0.2) is 4.98 Å². The Kier molecular flexibility index (Phi) is 5.97. The molecule has 0 aliphatic carbocycles. The Morgan fingerprint density at radius 2 is 1.93 bits per heavy atom. The van der Waals surface area contributed by atoms with Crippen molar-refractivity contribution in [2.75, 3.05) is 0 Å². The largest absolute Gasteiger partial charge is 0.487 e. The highest BCUT2D eigenvalue weighted by atomic mass is 32.1. The van der Waals surface area contributed by atoms with Crippen LogP contribution in [0.5, 0.6) is 5.75 Å². The molecule has 0 bridgehead atoms. The van der Waals surface area contributed by atoms with Crippen molar-refractivity contribution in [2.45, 2.75) is 20.1 Å². The van der Waals surface area contributed by atoms with Crippen molar-refractivity contribution in [3.63, 3.8) is 0 Å². The Hall–Kier alpha value is -3.03. The van der Waals surface area contributed by atoms with Gasteiger partial charge in [0.15, 0.2) is 4.80 Å². The predicted octanol–water partition coefficient (Wildman–Crippen LogP) is 4.68. The van der Waals surface area contributed by atoms with Gasteiger partial charge in [-0.05, 0) is 36.8 Å². The maximum Gasteiger partial charge on any atom is 0.279 e. The zero-order valence-electron chi connectivity index (χ0n) is 15.8. The van der Waals surface area contributed by atoms with Crippen LogP contribution < -0.4 is 9.54 Å². The van der Waals surface area contributed by atoms with E-state index in [0.29, 0.717) is 29.3 Å². The molecule has 146 valence electrons. The maximum atomic E-state index is 12.6. The summed E-state index contributed by atoms with van der Waals surface area (Å²) in [5.41, 5.74) is 5.59. The van der Waals surface area contributed by atoms with Crippen molar-refractivity contribution >= 4 is 28.6 Å². The fourth-order valence-electron chi connectivity index (χ4n) is 2.71. The third-order valence-corrected chi connectivity index (χ3v) is 5.73. The van der Waals surface area contributed by atoms with Crippen molar-refractivity contribution < 1.29 is 9.53 Å². The van der Waals surface area contributed by atoms with Gasteiger partial charge in [-0.3, -0.25) is 4.79 Å². The number of hydrogen-bond donors (Lipinski definition) is 0. The average Bonchev–Trinajstić information content (AvgIpc) is 3.41. The minimum Gasteiger partial charge on any atom is -0.487 e. The Bertz CT molecular complexity index is 1140. The molecule has 7 heteroatoms. The quantitative estimate of drug-likeness (QED) is 0.454. The van der Waals surface area contributed by atoms with E-state index < -0.39 is 0 Å². The van der Waals surface area contributed by atoms with Gasteiger partial charge in [-0.1, -0.05) is 29.8 Å². The maximum absolute atomic E-state index is 12.6. The summed E-state index contributed by atoms with van der Waals surface area (Å²) in [6, 6.07) is 15.4. The second-order valence-electron chi connectivity index (χ2n) is 6.51. The van der Waals surface area contributed by atoms with Gasteiger partial charge in [0.1, 0.15) is 12.4 Å². The van der Waals surface area contributed by atoms with Gasteiger partial charge in [-0.15, -0.1) is 22.7 Å². The topological polar surface area (TPSA) is 56.5 Å². The van der Waals surface area contributed by atoms with Gasteiger partial charge in [0, 0.05) is 29.1 Å². The lowest BCUT2D eigenvalue weighted by atomic mass is 10.1. The van der Waals surface area contributed by atoms with Crippen molar-refractivity contribution in [1.29, 1.82) is 0 Å². The molecule has 0 atom stereocenters. The molecule has 4 aromatic rings. The molecule has 5 nitrogen and oxygen atoms in total. The van der Waals surface area contributed by atoms with Gasteiger partial charge in [0.05, 0.1) is 11.2 Å². The van der Waals surface area contributed by atoms with Crippen LogP contribution in [0.25, 0.3) is 0 Å². The van der Waals surface area contributed by atoms with E-state index in [4.69, 9.17) is 4.74 Å². The van der Waals surface area contributed by atoms with Crippen LogP contribution in [0.1, 0.15) is 27.2 Å². The molecular weight excluding hydrogens is 402 g/mol. The third-order valence-electron chi connectivity index (χ3n) is 4.30. The van der Waals surface area contributed by atoms with Crippen LogP contribution in [0, 0.1) is 6.92 Å². The van der Waals surface area contributed by atoms with Gasteiger partial charge in [0.2, 0.25) is 0 Å². The summed E-state index contributed by atoms with van der Waals surface area (Å²) in [5, 5.41) is 3.89. The van der Waals surface area contributed by atoms with Crippen LogP contribution >= 0.6 is 22.7 Å². The second kappa shape index (κ2) is 8.98. The number of aryl methyl sites for hydroxylation is 1. The Balaban J connectivity index is 1.45. The monoisotopic (exact) mass is 421 g/mol. The molecule has 0 saturated carbocycles. The molecule has 0 aliphatic heterocycles. The summed E-state index contributed by atoms with van der Waals surface area (Å²) in [5.74, 6) is 0.427. The van der Waals surface area contributed by atoms with Crippen LogP contribution in [0.15, 0.2) is 76.0 Å². The normalized spacial score (nSPS) is 11.6. The van der Waals surface area contributed by atoms with Crippen LogP contribution in [-0.4, -0.2) is 15.5 Å². The van der Waals surface area contributed by atoms with Crippen LogP contribution in [0.2, 0.25) is 0 Å². The first-order valence-corrected chi connectivity index (χ1v) is 10.9. The molecule has 2 aromatic heterocycles. The van der Waals surface area contributed by atoms with E-state index in [1.54, 1.807) is 29.8 Å². The van der Waals surface area contributed by atoms with Crippen LogP contribution in [0.3, 0.4) is 0 Å². The summed E-state index contributed by atoms with van der Waals surface area (Å²) in [6.45, 7) is 3.16. The van der Waals surface area contributed by atoms with E-state index >= 15 is 0 Å². The average molecular weight is 422 g/mol. The molecule has 1 amide bonds. The standard InChI is InChI=1S/C22H19N3O2S2/c1-16-2-4-17(5-3-16)12-25-10-11-29-22(25)24-21(26)18-6-8-20(9-7-18)27-13-19-14-28-15-23-19/h2-11,14-15H,12-13H2,1H3. The number of ether oxygens (including phenoxy) is 1. The smallest absolute Gasteiger partial charge is 0.279 e. The molecule has 0 radical (unpaired) electrons. The fraction of sp³-hybridized carbons (Fsp3) is 0.136. The van der Waals surface area contributed by atoms with E-state index in [0.717, 1.165) is 5.69 Å². The Labute approximate surface area is 176 Å². The van der Waals surface area contributed by atoms with Crippen LogP contribution in [-0.2, 0) is 13.2 Å². The molecular formula is C22H19N3O2S2. The summed E-state index contributed by atoms with van der Waals surface area (Å²) in [4.78, 5) is 21.8. The lowest BCUT2D eigenvalue weighted by Crippen LogP contribution is -2.17. The number of aromatic nitrogens is 2. The molecule has 0 unspecified atom stereocenters. The SMILES string of the molecule is Cc1ccc(Cn2ccsc2=NC(=O)c2ccc(OCc3cscn3)cc2)cc1. The number of nitrogens with zero attached hydrogens (tertiary/aromatic N) is 3. The van der Waals surface area contributed by atoms with E-state index in [9.17, 15) is 4.79 Å². The van der Waals surface area contributed by atoms with E-state index in [2.05, 4.69) is 41.2 Å². The van der Waals surface area contributed by atoms with Crippen molar-refractivity contribution in [2.24, 2.45) is 4.99 Å². The minimum absolute atomic E-state index is 0.267. The molecule has 2 aromatic carbocycles.